The first-order valence-electron chi connectivity index (χ1n) is 15.4. The molecule has 2 aromatic rings. The Labute approximate surface area is 234 Å². The lowest BCUT2D eigenvalue weighted by atomic mass is 9.76. The second kappa shape index (κ2) is 12.7. The van der Waals surface area contributed by atoms with Crippen molar-refractivity contribution in [2.45, 2.75) is 102 Å². The maximum absolute atomic E-state index is 13.9. The minimum atomic E-state index is -0.508. The molecule has 1 heterocycles. The molecule has 2 aromatic carbocycles. The number of benzene rings is 2. The molecule has 2 saturated carbocycles. The summed E-state index contributed by atoms with van der Waals surface area (Å²) in [7, 11) is 0. The summed E-state index contributed by atoms with van der Waals surface area (Å²) in [6.07, 6.45) is 11.3. The molecule has 2 unspecified atom stereocenters. The van der Waals surface area contributed by atoms with Gasteiger partial charge in [-0.3, -0.25) is 9.59 Å². The molecule has 3 fully saturated rings. The maximum atomic E-state index is 13.9. The van der Waals surface area contributed by atoms with Crippen LogP contribution in [0.2, 0.25) is 0 Å². The molecule has 210 valence electrons. The maximum Gasteiger partial charge on any atom is 0.311 e. The van der Waals surface area contributed by atoms with Gasteiger partial charge in [0.25, 0.3) is 0 Å². The fourth-order valence-electron chi connectivity index (χ4n) is 7.21. The van der Waals surface area contributed by atoms with Gasteiger partial charge < -0.3 is 15.0 Å². The lowest BCUT2D eigenvalue weighted by Crippen LogP contribution is -2.51. The van der Waals surface area contributed by atoms with Crippen LogP contribution in [0.5, 0.6) is 0 Å². The molecule has 1 aliphatic heterocycles. The Morgan fingerprint density at radius 1 is 0.897 bits per heavy atom. The van der Waals surface area contributed by atoms with Crippen molar-refractivity contribution in [2.24, 2.45) is 5.92 Å². The number of hydrogen-bond acceptors (Lipinski definition) is 4. The molecule has 5 nitrogen and oxygen atoms in total. The summed E-state index contributed by atoms with van der Waals surface area (Å²) in [5, 5.41) is 3.33. The van der Waals surface area contributed by atoms with Gasteiger partial charge in [-0.2, -0.15) is 0 Å². The van der Waals surface area contributed by atoms with E-state index >= 15 is 0 Å². The zero-order chi connectivity index (χ0) is 27.2. The highest BCUT2D eigenvalue weighted by atomic mass is 16.5. The van der Waals surface area contributed by atoms with Crippen LogP contribution in [0.4, 0.5) is 0 Å². The minimum absolute atomic E-state index is 0.0885. The molecule has 3 atom stereocenters. The number of ether oxygens (including phenoxy) is 1. The number of rotatable bonds is 9. The minimum Gasteiger partial charge on any atom is -0.466 e. The molecule has 3 aliphatic rings. The highest BCUT2D eigenvalue weighted by molar-refractivity contribution is 5.89. The van der Waals surface area contributed by atoms with Crippen LogP contribution in [0.1, 0.15) is 89.2 Å². The van der Waals surface area contributed by atoms with Gasteiger partial charge in [0, 0.05) is 18.6 Å². The van der Waals surface area contributed by atoms with Crippen LogP contribution < -0.4 is 5.32 Å². The van der Waals surface area contributed by atoms with Gasteiger partial charge >= 0.3 is 5.97 Å². The van der Waals surface area contributed by atoms with Gasteiger partial charge in [0.1, 0.15) is 0 Å². The van der Waals surface area contributed by atoms with Gasteiger partial charge in [0.15, 0.2) is 0 Å². The number of amides is 1. The van der Waals surface area contributed by atoms with Crippen molar-refractivity contribution in [2.75, 3.05) is 19.7 Å². The van der Waals surface area contributed by atoms with Gasteiger partial charge in [-0.05, 0) is 87.6 Å². The van der Waals surface area contributed by atoms with E-state index in [-0.39, 0.29) is 23.8 Å². The van der Waals surface area contributed by atoms with Crippen LogP contribution in [-0.4, -0.2) is 48.6 Å². The lowest BCUT2D eigenvalue weighted by Gasteiger charge is -2.35. The predicted octanol–water partition coefficient (Wildman–Crippen LogP) is 6.43. The van der Waals surface area contributed by atoms with E-state index in [9.17, 15) is 9.59 Å². The summed E-state index contributed by atoms with van der Waals surface area (Å²) in [5.41, 5.74) is 4.37. The van der Waals surface area contributed by atoms with Crippen molar-refractivity contribution in [1.82, 2.24) is 10.2 Å². The standard InChI is InChI=1S/C34H46N2O3/c1-3-39-32(37)30-10-4-5-11-31(30)35-33(38)34(21-6-7-22-34)29-18-16-28(17-19-29)27-14-12-26(13-15-27)20-24-36-23-8-9-25(36)2/h12-19,25,30-31H,3-11,20-24H2,1-2H3,(H,35,38)/t25-,30?,31?/m1/s1. The first-order valence-corrected chi connectivity index (χ1v) is 15.4. The fraction of sp³-hybridized carbons (Fsp3) is 0.588. The van der Waals surface area contributed by atoms with Gasteiger partial charge in [-0.25, -0.2) is 0 Å². The molecular formula is C34H46N2O3. The summed E-state index contributed by atoms with van der Waals surface area (Å²) in [4.78, 5) is 29.1. The third kappa shape index (κ3) is 6.24. The molecule has 1 amide bonds. The van der Waals surface area contributed by atoms with Crippen molar-refractivity contribution in [1.29, 1.82) is 0 Å². The Hall–Kier alpha value is -2.66. The van der Waals surface area contributed by atoms with Crippen molar-refractivity contribution in [3.8, 4) is 11.1 Å². The van der Waals surface area contributed by atoms with Crippen LogP contribution in [0.25, 0.3) is 11.1 Å². The first kappa shape index (κ1) is 27.9. The summed E-state index contributed by atoms with van der Waals surface area (Å²) < 4.78 is 5.34. The topological polar surface area (TPSA) is 58.6 Å². The smallest absolute Gasteiger partial charge is 0.311 e. The molecule has 0 spiro atoms. The van der Waals surface area contributed by atoms with Crippen LogP contribution in [-0.2, 0) is 26.2 Å². The van der Waals surface area contributed by atoms with Crippen molar-refractivity contribution < 1.29 is 14.3 Å². The Bertz CT molecular complexity index is 1100. The Morgan fingerprint density at radius 3 is 2.21 bits per heavy atom. The number of likely N-dealkylation sites (tertiary alicyclic amines) is 1. The van der Waals surface area contributed by atoms with E-state index in [1.54, 1.807) is 0 Å². The molecule has 1 N–H and O–H groups in total. The molecule has 5 heteroatoms. The van der Waals surface area contributed by atoms with E-state index in [1.807, 2.05) is 6.92 Å². The van der Waals surface area contributed by atoms with E-state index in [0.717, 1.165) is 75.9 Å². The lowest BCUT2D eigenvalue weighted by molar-refractivity contribution is -0.150. The third-order valence-corrected chi connectivity index (χ3v) is 9.67. The zero-order valence-electron chi connectivity index (χ0n) is 23.9. The van der Waals surface area contributed by atoms with E-state index in [1.165, 1.54) is 36.1 Å². The molecule has 0 radical (unpaired) electrons. The molecule has 2 aliphatic carbocycles. The van der Waals surface area contributed by atoms with Crippen LogP contribution in [0.3, 0.4) is 0 Å². The monoisotopic (exact) mass is 530 g/mol. The van der Waals surface area contributed by atoms with Crippen LogP contribution >= 0.6 is 0 Å². The molecule has 0 aromatic heterocycles. The SMILES string of the molecule is CCOC(=O)C1CCCCC1NC(=O)C1(c2ccc(-c3ccc(CCN4CCC[C@H]4C)cc3)cc2)CCCC1. The number of carbonyl (C=O) groups excluding carboxylic acids is 2. The number of carbonyl (C=O) groups is 2. The Kier molecular flexibility index (Phi) is 9.06. The van der Waals surface area contributed by atoms with Gasteiger partial charge in [0.2, 0.25) is 5.91 Å². The summed E-state index contributed by atoms with van der Waals surface area (Å²) >= 11 is 0. The Balaban J connectivity index is 1.26. The van der Waals surface area contributed by atoms with Crippen molar-refractivity contribution >= 4 is 11.9 Å². The van der Waals surface area contributed by atoms with Gasteiger partial charge in [-0.15, -0.1) is 0 Å². The number of nitrogens with one attached hydrogen (secondary N) is 1. The van der Waals surface area contributed by atoms with Crippen LogP contribution in [0, 0.1) is 5.92 Å². The van der Waals surface area contributed by atoms with E-state index in [0.29, 0.717) is 6.61 Å². The molecule has 0 bridgehead atoms. The molecule has 5 rings (SSSR count). The quantitative estimate of drug-likeness (QED) is 0.380. The average Bonchev–Trinajstić information content (AvgIpc) is 3.63. The van der Waals surface area contributed by atoms with E-state index < -0.39 is 5.41 Å². The predicted molar refractivity (Wildman–Crippen MR) is 157 cm³/mol. The normalized spacial score (nSPS) is 24.9. The highest BCUT2D eigenvalue weighted by Crippen LogP contribution is 2.42. The highest BCUT2D eigenvalue weighted by Gasteiger charge is 2.44. The Morgan fingerprint density at radius 2 is 1.56 bits per heavy atom. The molecule has 1 saturated heterocycles. The summed E-state index contributed by atoms with van der Waals surface area (Å²) in [5.74, 6) is -0.306. The third-order valence-electron chi connectivity index (χ3n) is 9.67. The van der Waals surface area contributed by atoms with E-state index in [2.05, 4.69) is 65.7 Å². The summed E-state index contributed by atoms with van der Waals surface area (Å²) in [6, 6.07) is 18.2. The second-order valence-electron chi connectivity index (χ2n) is 12.1. The van der Waals surface area contributed by atoms with Crippen molar-refractivity contribution in [3.05, 3.63) is 59.7 Å². The average molecular weight is 531 g/mol. The van der Waals surface area contributed by atoms with Crippen LogP contribution in [0.15, 0.2) is 48.5 Å². The largest absolute Gasteiger partial charge is 0.466 e. The number of esters is 1. The fourth-order valence-corrected chi connectivity index (χ4v) is 7.21. The number of nitrogens with zero attached hydrogens (tertiary/aromatic N) is 1. The van der Waals surface area contributed by atoms with Crippen molar-refractivity contribution in [3.63, 3.8) is 0 Å². The summed E-state index contributed by atoms with van der Waals surface area (Å²) in [6.45, 7) is 6.94. The van der Waals surface area contributed by atoms with Gasteiger partial charge in [-0.1, -0.05) is 74.2 Å². The van der Waals surface area contributed by atoms with Gasteiger partial charge in [0.05, 0.1) is 17.9 Å². The number of hydrogen-bond donors (Lipinski definition) is 1. The molecule has 39 heavy (non-hydrogen) atoms. The first-order chi connectivity index (χ1) is 19.0. The van der Waals surface area contributed by atoms with E-state index in [4.69, 9.17) is 4.74 Å². The molecular weight excluding hydrogens is 484 g/mol. The zero-order valence-corrected chi connectivity index (χ0v) is 23.9. The second-order valence-corrected chi connectivity index (χ2v) is 12.1.